The van der Waals surface area contributed by atoms with E-state index in [0.29, 0.717) is 13.0 Å². The number of likely N-dealkylation sites (tertiary alicyclic amines) is 1. The molecule has 9 heteroatoms. The quantitative estimate of drug-likeness (QED) is 0.560. The van der Waals surface area contributed by atoms with Crippen molar-refractivity contribution in [3.63, 3.8) is 0 Å². The van der Waals surface area contributed by atoms with Crippen LogP contribution >= 0.6 is 0 Å². The number of piperidine rings is 1. The van der Waals surface area contributed by atoms with Crippen molar-refractivity contribution in [1.29, 1.82) is 0 Å². The lowest BCUT2D eigenvalue weighted by molar-refractivity contribution is -0.126. The van der Waals surface area contributed by atoms with Gasteiger partial charge in [0.15, 0.2) is 0 Å². The summed E-state index contributed by atoms with van der Waals surface area (Å²) in [5, 5.41) is 17.4. The number of rotatable bonds is 8. The van der Waals surface area contributed by atoms with Crippen LogP contribution in [0.5, 0.6) is 0 Å². The average Bonchev–Trinajstić information content (AvgIpc) is 3.34. The monoisotopic (exact) mass is 433 g/mol. The molecule has 166 valence electrons. The minimum atomic E-state index is -0.512. The number of hydrogen-bond acceptors (Lipinski definition) is 6. The van der Waals surface area contributed by atoms with Crippen LogP contribution in [0.1, 0.15) is 24.4 Å². The van der Waals surface area contributed by atoms with Crippen LogP contribution in [0.15, 0.2) is 67.0 Å². The lowest BCUT2D eigenvalue weighted by atomic mass is 10.0. The van der Waals surface area contributed by atoms with E-state index in [1.54, 1.807) is 0 Å². The van der Waals surface area contributed by atoms with Crippen LogP contribution in [-0.4, -0.2) is 62.6 Å². The zero-order chi connectivity index (χ0) is 22.2. The molecule has 1 aliphatic heterocycles. The smallest absolute Gasteiger partial charge is 0.245 e. The molecule has 1 fully saturated rings. The Kier molecular flexibility index (Phi) is 7.19. The molecule has 2 aromatic carbocycles. The van der Waals surface area contributed by atoms with Gasteiger partial charge in [0.25, 0.3) is 0 Å². The third-order valence-corrected chi connectivity index (χ3v) is 5.62. The first kappa shape index (κ1) is 21.6. The first-order valence-electron chi connectivity index (χ1n) is 10.8. The highest BCUT2D eigenvalue weighted by Gasteiger charge is 2.27. The predicted molar refractivity (Wildman–Crippen MR) is 120 cm³/mol. The molecule has 2 heterocycles. The van der Waals surface area contributed by atoms with Gasteiger partial charge in [-0.1, -0.05) is 48.5 Å². The molecule has 1 saturated heterocycles. The van der Waals surface area contributed by atoms with Gasteiger partial charge >= 0.3 is 0 Å². The van der Waals surface area contributed by atoms with Crippen LogP contribution in [0.2, 0.25) is 0 Å². The summed E-state index contributed by atoms with van der Waals surface area (Å²) in [6, 6.07) is 18.8. The fourth-order valence-electron chi connectivity index (χ4n) is 3.91. The van der Waals surface area contributed by atoms with Gasteiger partial charge in [0.1, 0.15) is 12.4 Å². The molecule has 0 spiro atoms. The predicted octanol–water partition coefficient (Wildman–Crippen LogP) is 1.68. The molecule has 2 amide bonds. The molecule has 32 heavy (non-hydrogen) atoms. The molecule has 3 aromatic rings. The maximum absolute atomic E-state index is 13.1. The molecule has 1 aromatic heterocycles. The van der Waals surface area contributed by atoms with Crippen LogP contribution in [0.3, 0.4) is 0 Å². The van der Waals surface area contributed by atoms with Gasteiger partial charge in [-0.2, -0.15) is 0 Å². The second kappa shape index (κ2) is 10.6. The highest BCUT2D eigenvalue weighted by Crippen LogP contribution is 2.16. The molecule has 0 bridgehead atoms. The first-order valence-corrected chi connectivity index (χ1v) is 10.8. The minimum absolute atomic E-state index is 0.0275. The fraction of sp³-hybridized carbons (Fsp3) is 0.348. The maximum atomic E-state index is 13.1. The highest BCUT2D eigenvalue weighted by atomic mass is 16.2. The fourth-order valence-corrected chi connectivity index (χ4v) is 3.91. The van der Waals surface area contributed by atoms with E-state index in [9.17, 15) is 9.59 Å². The molecular weight excluding hydrogens is 406 g/mol. The van der Waals surface area contributed by atoms with Gasteiger partial charge in [0.05, 0.1) is 6.54 Å². The summed E-state index contributed by atoms with van der Waals surface area (Å²) >= 11 is 0. The summed E-state index contributed by atoms with van der Waals surface area (Å²) < 4.78 is 1.51. The number of nitrogens with one attached hydrogen (secondary N) is 2. The number of carbonyl (C=O) groups is 2. The van der Waals surface area contributed by atoms with Crippen LogP contribution in [-0.2, 0) is 16.0 Å². The lowest BCUT2D eigenvalue weighted by Crippen LogP contribution is -2.48. The topological polar surface area (TPSA) is 105 Å². The van der Waals surface area contributed by atoms with Crippen molar-refractivity contribution >= 4 is 17.5 Å². The zero-order valence-corrected chi connectivity index (χ0v) is 17.8. The number of carbonyl (C=O) groups excluding carboxylic acids is 2. The largest absolute Gasteiger partial charge is 0.351 e. The Balaban J connectivity index is 1.27. The number of aromatic nitrogens is 4. The molecule has 1 aliphatic rings. The molecule has 0 saturated carbocycles. The van der Waals surface area contributed by atoms with Gasteiger partial charge in [-0.15, -0.1) is 5.10 Å². The second-order valence-corrected chi connectivity index (χ2v) is 7.97. The summed E-state index contributed by atoms with van der Waals surface area (Å²) in [7, 11) is 0. The number of benzene rings is 2. The normalized spacial score (nSPS) is 15.8. The van der Waals surface area contributed by atoms with Gasteiger partial charge in [-0.25, -0.2) is 4.68 Å². The van der Waals surface area contributed by atoms with Crippen molar-refractivity contribution < 1.29 is 9.59 Å². The van der Waals surface area contributed by atoms with Crippen molar-refractivity contribution in [3.05, 3.63) is 72.6 Å². The van der Waals surface area contributed by atoms with Gasteiger partial charge in [0, 0.05) is 31.2 Å². The van der Waals surface area contributed by atoms with Crippen molar-refractivity contribution in [3.8, 4) is 0 Å². The number of para-hydroxylation sites is 1. The number of hydrogen-bond donors (Lipinski definition) is 2. The van der Waals surface area contributed by atoms with Gasteiger partial charge in [0.2, 0.25) is 11.8 Å². The third-order valence-electron chi connectivity index (χ3n) is 5.62. The van der Waals surface area contributed by atoms with E-state index in [1.165, 1.54) is 11.0 Å². The SMILES string of the molecule is O=C(CN1CCC(NC(=O)C(Cc2ccccc2)n2cnnn2)CC1)Nc1ccccc1. The van der Waals surface area contributed by atoms with Gasteiger partial charge in [-0.05, 0) is 41.0 Å². The Hall–Kier alpha value is -3.59. The molecule has 4 rings (SSSR count). The van der Waals surface area contributed by atoms with Crippen LogP contribution in [0.25, 0.3) is 0 Å². The number of anilines is 1. The Morgan fingerprint density at radius 2 is 1.69 bits per heavy atom. The van der Waals surface area contributed by atoms with E-state index in [0.717, 1.165) is 37.2 Å². The lowest BCUT2D eigenvalue weighted by Gasteiger charge is -2.32. The molecule has 1 atom stereocenters. The van der Waals surface area contributed by atoms with Gasteiger partial charge in [-0.3, -0.25) is 14.5 Å². The Morgan fingerprint density at radius 1 is 1.00 bits per heavy atom. The summed E-state index contributed by atoms with van der Waals surface area (Å²) in [4.78, 5) is 27.5. The summed E-state index contributed by atoms with van der Waals surface area (Å²) in [6.07, 6.45) is 3.56. The molecule has 1 unspecified atom stereocenters. The number of amides is 2. The van der Waals surface area contributed by atoms with Crippen molar-refractivity contribution in [2.24, 2.45) is 0 Å². The number of tetrazole rings is 1. The van der Waals surface area contributed by atoms with E-state index in [2.05, 4.69) is 31.1 Å². The third kappa shape index (κ3) is 5.98. The molecule has 9 nitrogen and oxygen atoms in total. The van der Waals surface area contributed by atoms with E-state index in [1.807, 2.05) is 60.7 Å². The summed E-state index contributed by atoms with van der Waals surface area (Å²) in [5.74, 6) is -0.123. The molecule has 0 radical (unpaired) electrons. The van der Waals surface area contributed by atoms with Crippen molar-refractivity contribution in [2.45, 2.75) is 31.3 Å². The number of nitrogens with zero attached hydrogens (tertiary/aromatic N) is 5. The molecule has 2 N–H and O–H groups in total. The first-order chi connectivity index (χ1) is 15.7. The van der Waals surface area contributed by atoms with Crippen LogP contribution in [0, 0.1) is 0 Å². The average molecular weight is 434 g/mol. The second-order valence-electron chi connectivity index (χ2n) is 7.97. The minimum Gasteiger partial charge on any atom is -0.351 e. The van der Waals surface area contributed by atoms with Crippen molar-refractivity contribution in [2.75, 3.05) is 25.0 Å². The van der Waals surface area contributed by atoms with E-state index in [-0.39, 0.29) is 17.9 Å². The van der Waals surface area contributed by atoms with E-state index in [4.69, 9.17) is 0 Å². The summed E-state index contributed by atoms with van der Waals surface area (Å²) in [6.45, 7) is 1.85. The molecule has 0 aliphatic carbocycles. The Morgan fingerprint density at radius 3 is 2.34 bits per heavy atom. The zero-order valence-electron chi connectivity index (χ0n) is 17.8. The standard InChI is InChI=1S/C23H27N7O2/c31-22(25-19-9-5-2-6-10-19)16-29-13-11-20(12-14-29)26-23(32)21(30-17-24-27-28-30)15-18-7-3-1-4-8-18/h1-10,17,20-21H,11-16H2,(H,25,31)(H,26,32). The molecular formula is C23H27N7O2. The van der Waals surface area contributed by atoms with Crippen LogP contribution < -0.4 is 10.6 Å². The van der Waals surface area contributed by atoms with E-state index >= 15 is 0 Å². The maximum Gasteiger partial charge on any atom is 0.245 e. The Bertz CT molecular complexity index is 988. The van der Waals surface area contributed by atoms with Crippen LogP contribution in [0.4, 0.5) is 5.69 Å². The Labute approximate surface area is 186 Å². The van der Waals surface area contributed by atoms with Gasteiger partial charge < -0.3 is 10.6 Å². The summed E-state index contributed by atoms with van der Waals surface area (Å²) in [5.41, 5.74) is 1.84. The highest BCUT2D eigenvalue weighted by molar-refractivity contribution is 5.92. The van der Waals surface area contributed by atoms with E-state index < -0.39 is 6.04 Å². The van der Waals surface area contributed by atoms with Crippen molar-refractivity contribution in [1.82, 2.24) is 30.4 Å².